The average Bonchev–Trinajstić information content (AvgIpc) is 3.35. The van der Waals surface area contributed by atoms with Gasteiger partial charge in [-0.15, -0.1) is 13.2 Å². The van der Waals surface area contributed by atoms with Gasteiger partial charge in [-0.2, -0.15) is 0 Å². The number of hydrogen-bond donors (Lipinski definition) is 1. The molecule has 1 aliphatic carbocycles. The molecule has 1 aliphatic heterocycles. The van der Waals surface area contributed by atoms with Crippen molar-refractivity contribution in [3.05, 3.63) is 157 Å². The molecule has 2 aliphatic rings. The van der Waals surface area contributed by atoms with Crippen molar-refractivity contribution in [2.75, 3.05) is 11.9 Å². The highest BCUT2D eigenvalue weighted by Crippen LogP contribution is 2.49. The van der Waals surface area contributed by atoms with Crippen LogP contribution in [-0.2, 0) is 5.41 Å². The van der Waals surface area contributed by atoms with Crippen LogP contribution in [0.1, 0.15) is 49.3 Å². The molecule has 4 unspecified atom stereocenters. The lowest BCUT2D eigenvalue weighted by Gasteiger charge is -2.33. The van der Waals surface area contributed by atoms with Crippen LogP contribution in [0, 0.1) is 0 Å². The lowest BCUT2D eigenvalue weighted by atomic mass is 9.71. The SMILES string of the molecule is C=CC1c2ccccc2N(c2ccc(-c3ccc4c(c3)-c3cccc(c3)C(C)(C)C4/C=C\C=C/C(C)NC)cc2)C1C=C. The second kappa shape index (κ2) is 11.7. The van der Waals surface area contributed by atoms with Crippen molar-refractivity contribution < 1.29 is 0 Å². The maximum atomic E-state index is 4.17. The number of hydrogen-bond acceptors (Lipinski definition) is 2. The zero-order valence-corrected chi connectivity index (χ0v) is 25.8. The second-order valence-corrected chi connectivity index (χ2v) is 12.4. The molecule has 0 saturated heterocycles. The summed E-state index contributed by atoms with van der Waals surface area (Å²) in [7, 11) is 1.99. The lowest BCUT2D eigenvalue weighted by Crippen LogP contribution is -2.27. The van der Waals surface area contributed by atoms with Crippen molar-refractivity contribution in [2.45, 2.75) is 50.1 Å². The molecule has 4 aromatic rings. The number of anilines is 2. The zero-order chi connectivity index (χ0) is 30.1. The summed E-state index contributed by atoms with van der Waals surface area (Å²) >= 11 is 0. The van der Waals surface area contributed by atoms with Crippen molar-refractivity contribution in [3.63, 3.8) is 0 Å². The molecule has 4 atom stereocenters. The second-order valence-electron chi connectivity index (χ2n) is 12.4. The monoisotopic (exact) mass is 562 g/mol. The molecule has 1 N–H and O–H groups in total. The van der Waals surface area contributed by atoms with E-state index in [9.17, 15) is 0 Å². The summed E-state index contributed by atoms with van der Waals surface area (Å²) in [5.74, 6) is 0.472. The van der Waals surface area contributed by atoms with Crippen molar-refractivity contribution in [3.8, 4) is 22.3 Å². The maximum Gasteiger partial charge on any atom is 0.0623 e. The van der Waals surface area contributed by atoms with Crippen LogP contribution in [0.2, 0.25) is 0 Å². The summed E-state index contributed by atoms with van der Waals surface area (Å²) in [5, 5.41) is 3.27. The highest BCUT2D eigenvalue weighted by molar-refractivity contribution is 5.80. The Morgan fingerprint density at radius 1 is 0.791 bits per heavy atom. The summed E-state index contributed by atoms with van der Waals surface area (Å²) in [6.45, 7) is 15.2. The van der Waals surface area contributed by atoms with E-state index in [1.807, 2.05) is 19.2 Å². The summed E-state index contributed by atoms with van der Waals surface area (Å²) < 4.78 is 0. The molecule has 0 radical (unpaired) electrons. The quantitative estimate of drug-likeness (QED) is 0.170. The highest BCUT2D eigenvalue weighted by Gasteiger charge is 2.36. The first-order chi connectivity index (χ1) is 20.9. The number of likely N-dealkylation sites (N-methyl/N-ethyl adjacent to an activating group) is 1. The van der Waals surface area contributed by atoms with E-state index >= 15 is 0 Å². The Hall–Kier alpha value is -4.40. The fraction of sp³-hybridized carbons (Fsp3) is 0.220. The van der Waals surface area contributed by atoms with Crippen LogP contribution in [0.15, 0.2) is 141 Å². The Bertz CT molecular complexity index is 1700. The average molecular weight is 563 g/mol. The van der Waals surface area contributed by atoms with E-state index in [0.717, 1.165) is 0 Å². The summed E-state index contributed by atoms with van der Waals surface area (Å²) in [5.41, 5.74) is 11.4. The summed E-state index contributed by atoms with van der Waals surface area (Å²) in [4.78, 5) is 2.39. The van der Waals surface area contributed by atoms with Gasteiger partial charge in [0.2, 0.25) is 0 Å². The smallest absolute Gasteiger partial charge is 0.0623 e. The van der Waals surface area contributed by atoms with Crippen LogP contribution in [0.5, 0.6) is 0 Å². The standard InChI is InChI=1S/C41H42N2/c1-7-34-36-17-10-12-19-40(36)43(39(34)8-2)33-23-20-29(21-24-33)30-22-25-35-37(27-30)31-15-13-16-32(26-31)41(4,5)38(35)18-11-9-14-28(3)42-6/h7-28,34,38-39,42H,1-2H2,3-6H3/b14-9-,18-11-. The molecular weight excluding hydrogens is 520 g/mol. The van der Waals surface area contributed by atoms with E-state index in [1.165, 1.54) is 50.3 Å². The van der Waals surface area contributed by atoms with Gasteiger partial charge in [0.05, 0.1) is 6.04 Å². The molecule has 0 amide bonds. The van der Waals surface area contributed by atoms with Gasteiger partial charge in [-0.05, 0) is 77.2 Å². The molecule has 1 heterocycles. The molecular formula is C41H42N2. The molecule has 0 saturated carbocycles. The number of benzene rings is 4. The van der Waals surface area contributed by atoms with Crippen LogP contribution >= 0.6 is 0 Å². The Kier molecular flexibility index (Phi) is 7.81. The Balaban J connectivity index is 1.37. The van der Waals surface area contributed by atoms with Gasteiger partial charge in [-0.25, -0.2) is 0 Å². The molecule has 0 aromatic heterocycles. The van der Waals surface area contributed by atoms with E-state index in [-0.39, 0.29) is 23.3 Å². The molecule has 2 nitrogen and oxygen atoms in total. The van der Waals surface area contributed by atoms with Gasteiger partial charge in [0.15, 0.2) is 0 Å². The molecule has 4 aromatic carbocycles. The van der Waals surface area contributed by atoms with Crippen LogP contribution in [0.25, 0.3) is 22.3 Å². The van der Waals surface area contributed by atoms with E-state index in [1.54, 1.807) is 0 Å². The molecule has 2 heteroatoms. The van der Waals surface area contributed by atoms with E-state index in [4.69, 9.17) is 0 Å². The lowest BCUT2D eigenvalue weighted by molar-refractivity contribution is 0.472. The maximum absolute atomic E-state index is 4.17. The minimum atomic E-state index is -0.0413. The van der Waals surface area contributed by atoms with E-state index < -0.39 is 0 Å². The first kappa shape index (κ1) is 28.7. The Morgan fingerprint density at radius 3 is 2.30 bits per heavy atom. The van der Waals surface area contributed by atoms with Crippen molar-refractivity contribution >= 4 is 11.4 Å². The molecule has 0 spiro atoms. The molecule has 6 rings (SSSR count). The number of rotatable bonds is 8. The fourth-order valence-corrected chi connectivity index (χ4v) is 6.90. The first-order valence-electron chi connectivity index (χ1n) is 15.4. The Labute approximate surface area is 257 Å². The molecule has 43 heavy (non-hydrogen) atoms. The fourth-order valence-electron chi connectivity index (χ4n) is 6.90. The molecule has 216 valence electrons. The third-order valence-electron chi connectivity index (χ3n) is 9.55. The van der Waals surface area contributed by atoms with Gasteiger partial charge < -0.3 is 10.2 Å². The Morgan fingerprint density at radius 2 is 1.56 bits per heavy atom. The minimum Gasteiger partial charge on any atom is -0.333 e. The van der Waals surface area contributed by atoms with Crippen molar-refractivity contribution in [2.24, 2.45) is 0 Å². The molecule has 2 bridgehead atoms. The summed E-state index contributed by atoms with van der Waals surface area (Å²) in [6.07, 6.45) is 13.1. The largest absolute Gasteiger partial charge is 0.333 e. The third kappa shape index (κ3) is 5.11. The van der Waals surface area contributed by atoms with E-state index in [2.05, 4.69) is 159 Å². The predicted molar refractivity (Wildman–Crippen MR) is 185 cm³/mol. The number of nitrogens with one attached hydrogen (secondary N) is 1. The van der Waals surface area contributed by atoms with Crippen molar-refractivity contribution in [1.29, 1.82) is 0 Å². The zero-order valence-electron chi connectivity index (χ0n) is 25.8. The van der Waals surface area contributed by atoms with Crippen molar-refractivity contribution in [1.82, 2.24) is 5.32 Å². The minimum absolute atomic E-state index is 0.0413. The summed E-state index contributed by atoms with van der Waals surface area (Å²) in [6, 6.07) is 34.3. The van der Waals surface area contributed by atoms with Crippen LogP contribution in [-0.4, -0.2) is 19.1 Å². The van der Waals surface area contributed by atoms with Gasteiger partial charge in [-0.3, -0.25) is 0 Å². The van der Waals surface area contributed by atoms with Gasteiger partial charge in [0, 0.05) is 34.7 Å². The van der Waals surface area contributed by atoms with Gasteiger partial charge >= 0.3 is 0 Å². The molecule has 0 fully saturated rings. The number of allylic oxidation sites excluding steroid dienone is 3. The third-order valence-corrected chi connectivity index (χ3v) is 9.55. The number of para-hydroxylation sites is 1. The van der Waals surface area contributed by atoms with Gasteiger partial charge in [-0.1, -0.05) is 117 Å². The number of nitrogens with zero attached hydrogens (tertiary/aromatic N) is 1. The highest BCUT2D eigenvalue weighted by atomic mass is 15.2. The topological polar surface area (TPSA) is 15.3 Å². The van der Waals surface area contributed by atoms with Crippen LogP contribution < -0.4 is 10.2 Å². The van der Waals surface area contributed by atoms with Gasteiger partial charge in [0.1, 0.15) is 0 Å². The van der Waals surface area contributed by atoms with Crippen LogP contribution in [0.3, 0.4) is 0 Å². The number of fused-ring (bicyclic) bond motifs is 5. The van der Waals surface area contributed by atoms with E-state index in [0.29, 0.717) is 6.04 Å². The first-order valence-corrected chi connectivity index (χ1v) is 15.4. The predicted octanol–water partition coefficient (Wildman–Crippen LogP) is 10.1. The van der Waals surface area contributed by atoms with Gasteiger partial charge in [0.25, 0.3) is 0 Å². The normalized spacial score (nSPS) is 20.9. The van der Waals surface area contributed by atoms with Crippen LogP contribution in [0.4, 0.5) is 11.4 Å².